The quantitative estimate of drug-likeness (QED) is 0.508. The first-order valence-electron chi connectivity index (χ1n) is 5.20. The molecular weight excluding hydrogens is 226 g/mol. The number of nitrogens with one attached hydrogen (secondary N) is 1. The van der Waals surface area contributed by atoms with E-state index in [-0.39, 0.29) is 35.3 Å². The first-order valence-corrected chi connectivity index (χ1v) is 5.20. The Labute approximate surface area is 97.0 Å². The van der Waals surface area contributed by atoms with Crippen LogP contribution in [0.25, 0.3) is 0 Å². The Balaban J connectivity index is 2.27. The Morgan fingerprint density at radius 3 is 2.71 bits per heavy atom. The fourth-order valence-electron chi connectivity index (χ4n) is 1.81. The van der Waals surface area contributed by atoms with Crippen LogP contribution in [-0.2, 0) is 0 Å². The van der Waals surface area contributed by atoms with Crippen LogP contribution in [-0.4, -0.2) is 32.1 Å². The van der Waals surface area contributed by atoms with E-state index in [9.17, 15) is 10.1 Å². The van der Waals surface area contributed by atoms with Gasteiger partial charge in [0, 0.05) is 6.04 Å². The second-order valence-corrected chi connectivity index (χ2v) is 4.09. The number of hydrogen-bond donors (Lipinski definition) is 3. The minimum atomic E-state index is -0.536. The number of anilines is 2. The summed E-state index contributed by atoms with van der Waals surface area (Å²) in [5, 5.41) is 23.0. The SMILES string of the molecule is Cc1nc(N)nc(NC2CC(O)C2)c1[N+](=O)[O-]. The molecular formula is C9H13N5O3. The summed E-state index contributed by atoms with van der Waals surface area (Å²) in [6, 6.07) is -0.00241. The van der Waals surface area contributed by atoms with Crippen LogP contribution in [0.3, 0.4) is 0 Å². The number of nitro groups is 1. The molecule has 2 rings (SSSR count). The van der Waals surface area contributed by atoms with Gasteiger partial charge in [-0.2, -0.15) is 4.98 Å². The molecule has 0 aliphatic heterocycles. The second-order valence-electron chi connectivity index (χ2n) is 4.09. The highest BCUT2D eigenvalue weighted by Gasteiger charge is 2.30. The van der Waals surface area contributed by atoms with Gasteiger partial charge in [0.05, 0.1) is 11.0 Å². The molecule has 0 unspecified atom stereocenters. The third-order valence-corrected chi connectivity index (χ3v) is 2.71. The third kappa shape index (κ3) is 2.26. The van der Waals surface area contributed by atoms with E-state index in [1.54, 1.807) is 0 Å². The molecule has 1 aromatic rings. The van der Waals surface area contributed by atoms with Gasteiger partial charge < -0.3 is 16.2 Å². The lowest BCUT2D eigenvalue weighted by Gasteiger charge is -2.32. The molecule has 4 N–H and O–H groups in total. The molecule has 8 heteroatoms. The summed E-state index contributed by atoms with van der Waals surface area (Å²) in [6.45, 7) is 1.51. The van der Waals surface area contributed by atoms with Crippen molar-refractivity contribution < 1.29 is 10.0 Å². The summed E-state index contributed by atoms with van der Waals surface area (Å²) in [5.74, 6) is 0.118. The number of aliphatic hydroxyl groups excluding tert-OH is 1. The van der Waals surface area contributed by atoms with Gasteiger partial charge in [-0.15, -0.1) is 0 Å². The maximum absolute atomic E-state index is 10.9. The Kier molecular flexibility index (Phi) is 2.80. The maximum atomic E-state index is 10.9. The third-order valence-electron chi connectivity index (χ3n) is 2.71. The van der Waals surface area contributed by atoms with E-state index in [2.05, 4.69) is 15.3 Å². The molecule has 8 nitrogen and oxygen atoms in total. The van der Waals surface area contributed by atoms with E-state index in [0.717, 1.165) is 0 Å². The molecule has 1 aliphatic carbocycles. The predicted octanol–water partition coefficient (Wildman–Crippen LogP) is 0.211. The Bertz CT molecular complexity index is 458. The van der Waals surface area contributed by atoms with Crippen LogP contribution < -0.4 is 11.1 Å². The van der Waals surface area contributed by atoms with Gasteiger partial charge in [0.1, 0.15) is 5.69 Å². The fourth-order valence-corrected chi connectivity index (χ4v) is 1.81. The molecule has 0 atom stereocenters. The standard InChI is InChI=1S/C9H13N5O3/c1-4-7(14(16)17)8(13-9(10)11-4)12-5-2-6(15)3-5/h5-6,15H,2-3H2,1H3,(H3,10,11,12,13). The van der Waals surface area contributed by atoms with E-state index < -0.39 is 4.92 Å². The van der Waals surface area contributed by atoms with Crippen LogP contribution in [0.2, 0.25) is 0 Å². The van der Waals surface area contributed by atoms with Gasteiger partial charge in [-0.1, -0.05) is 0 Å². The molecule has 1 heterocycles. The van der Waals surface area contributed by atoms with Crippen LogP contribution in [0, 0.1) is 17.0 Å². The van der Waals surface area contributed by atoms with Crippen LogP contribution >= 0.6 is 0 Å². The average molecular weight is 239 g/mol. The van der Waals surface area contributed by atoms with Crippen molar-refractivity contribution in [1.29, 1.82) is 0 Å². The molecule has 1 aromatic heterocycles. The summed E-state index contributed by atoms with van der Waals surface area (Å²) < 4.78 is 0. The number of rotatable bonds is 3. The van der Waals surface area contributed by atoms with E-state index in [1.807, 2.05) is 0 Å². The maximum Gasteiger partial charge on any atom is 0.332 e. The number of aryl methyl sites for hydroxylation is 1. The van der Waals surface area contributed by atoms with Crippen molar-refractivity contribution in [2.75, 3.05) is 11.1 Å². The summed E-state index contributed by atoms with van der Waals surface area (Å²) in [5.41, 5.74) is 5.52. The lowest BCUT2D eigenvalue weighted by atomic mass is 9.89. The second kappa shape index (κ2) is 4.13. The molecule has 0 aromatic carbocycles. The van der Waals surface area contributed by atoms with Crippen molar-refractivity contribution in [2.45, 2.75) is 31.9 Å². The first-order chi connectivity index (χ1) is 7.97. The van der Waals surface area contributed by atoms with Crippen LogP contribution in [0.4, 0.5) is 17.5 Å². The minimum absolute atomic E-state index is 0.00241. The zero-order valence-electron chi connectivity index (χ0n) is 9.25. The van der Waals surface area contributed by atoms with E-state index >= 15 is 0 Å². The van der Waals surface area contributed by atoms with Gasteiger partial charge in [-0.3, -0.25) is 10.1 Å². The zero-order valence-corrected chi connectivity index (χ0v) is 9.25. The molecule has 17 heavy (non-hydrogen) atoms. The smallest absolute Gasteiger partial charge is 0.332 e. The van der Waals surface area contributed by atoms with Gasteiger partial charge in [0.25, 0.3) is 0 Å². The largest absolute Gasteiger partial charge is 0.393 e. The molecule has 1 aliphatic rings. The molecule has 0 spiro atoms. The molecule has 1 saturated carbocycles. The van der Waals surface area contributed by atoms with E-state index in [0.29, 0.717) is 12.8 Å². The highest BCUT2D eigenvalue weighted by Crippen LogP contribution is 2.30. The van der Waals surface area contributed by atoms with Crippen molar-refractivity contribution in [3.63, 3.8) is 0 Å². The van der Waals surface area contributed by atoms with E-state index in [1.165, 1.54) is 6.92 Å². The molecule has 1 fully saturated rings. The van der Waals surface area contributed by atoms with Crippen LogP contribution in [0.5, 0.6) is 0 Å². The molecule has 0 saturated heterocycles. The van der Waals surface area contributed by atoms with E-state index in [4.69, 9.17) is 10.8 Å². The van der Waals surface area contributed by atoms with Gasteiger partial charge >= 0.3 is 5.69 Å². The summed E-state index contributed by atoms with van der Waals surface area (Å²) in [4.78, 5) is 18.0. The van der Waals surface area contributed by atoms with Crippen molar-refractivity contribution in [3.8, 4) is 0 Å². The van der Waals surface area contributed by atoms with Crippen LogP contribution in [0.15, 0.2) is 0 Å². The highest BCUT2D eigenvalue weighted by molar-refractivity contribution is 5.60. The summed E-state index contributed by atoms with van der Waals surface area (Å²) >= 11 is 0. The monoisotopic (exact) mass is 239 g/mol. The number of hydrogen-bond acceptors (Lipinski definition) is 7. The lowest BCUT2D eigenvalue weighted by molar-refractivity contribution is -0.385. The molecule has 0 radical (unpaired) electrons. The topological polar surface area (TPSA) is 127 Å². The van der Waals surface area contributed by atoms with Crippen LogP contribution in [0.1, 0.15) is 18.5 Å². The number of aromatic nitrogens is 2. The van der Waals surface area contributed by atoms with Gasteiger partial charge in [0.15, 0.2) is 0 Å². The minimum Gasteiger partial charge on any atom is -0.393 e. The molecule has 92 valence electrons. The number of nitrogen functional groups attached to an aromatic ring is 1. The molecule has 0 amide bonds. The summed E-state index contributed by atoms with van der Waals surface area (Å²) in [6.07, 6.45) is 0.770. The van der Waals surface area contributed by atoms with Crippen molar-refractivity contribution in [3.05, 3.63) is 15.8 Å². The first kappa shape index (κ1) is 11.5. The average Bonchev–Trinajstić information content (AvgIpc) is 2.13. The summed E-state index contributed by atoms with van der Waals surface area (Å²) in [7, 11) is 0. The van der Waals surface area contributed by atoms with Gasteiger partial charge in [0.2, 0.25) is 11.8 Å². The van der Waals surface area contributed by atoms with Crippen molar-refractivity contribution in [1.82, 2.24) is 9.97 Å². The highest BCUT2D eigenvalue weighted by atomic mass is 16.6. The molecule has 0 bridgehead atoms. The predicted molar refractivity (Wildman–Crippen MR) is 60.5 cm³/mol. The fraction of sp³-hybridized carbons (Fsp3) is 0.556. The van der Waals surface area contributed by atoms with Gasteiger partial charge in [-0.25, -0.2) is 4.98 Å². The number of nitrogens with zero attached hydrogens (tertiary/aromatic N) is 3. The zero-order chi connectivity index (χ0) is 12.6. The Morgan fingerprint density at radius 1 is 1.53 bits per heavy atom. The lowest BCUT2D eigenvalue weighted by Crippen LogP contribution is -2.39. The van der Waals surface area contributed by atoms with Gasteiger partial charge in [-0.05, 0) is 19.8 Å². The Morgan fingerprint density at radius 2 is 2.18 bits per heavy atom. The van der Waals surface area contributed by atoms with Crippen molar-refractivity contribution in [2.24, 2.45) is 0 Å². The normalized spacial score (nSPS) is 22.9. The number of aliphatic hydroxyl groups is 1. The number of nitrogens with two attached hydrogens (primary N) is 1. The Hall–Kier alpha value is -1.96. The van der Waals surface area contributed by atoms with Crippen molar-refractivity contribution >= 4 is 17.5 Å².